The number of rotatable bonds is 3. The van der Waals surface area contributed by atoms with Gasteiger partial charge in [-0.05, 0) is 25.5 Å². The Morgan fingerprint density at radius 1 is 1.45 bits per heavy atom. The molecule has 2 N–H and O–H groups in total. The summed E-state index contributed by atoms with van der Waals surface area (Å²) in [6, 6.07) is 6.25. The van der Waals surface area contributed by atoms with E-state index in [-0.39, 0.29) is 18.3 Å². The van der Waals surface area contributed by atoms with Crippen molar-refractivity contribution in [2.24, 2.45) is 5.92 Å². The lowest BCUT2D eigenvalue weighted by molar-refractivity contribution is -0.141. The van der Waals surface area contributed by atoms with Crippen LogP contribution in [0.15, 0.2) is 24.3 Å². The van der Waals surface area contributed by atoms with Gasteiger partial charge in [0.2, 0.25) is 0 Å². The first-order chi connectivity index (χ1) is 9.52. The van der Waals surface area contributed by atoms with E-state index in [0.717, 1.165) is 0 Å². The number of hydrogen-bond acceptors (Lipinski definition) is 3. The second kappa shape index (κ2) is 5.81. The van der Waals surface area contributed by atoms with Gasteiger partial charge in [0.1, 0.15) is 5.75 Å². The van der Waals surface area contributed by atoms with Gasteiger partial charge in [0.15, 0.2) is 0 Å². The summed E-state index contributed by atoms with van der Waals surface area (Å²) < 4.78 is 0. The molecule has 1 aliphatic rings. The molecule has 1 atom stereocenters. The molecule has 0 bridgehead atoms. The molecule has 1 saturated heterocycles. The number of benzene rings is 1. The number of carboxylic acids is 1. The SMILES string of the molecule is CCN(C(=O)N1CCC(C(=O)O)C1)c1cccc(O)c1. The summed E-state index contributed by atoms with van der Waals surface area (Å²) in [4.78, 5) is 26.5. The molecule has 1 fully saturated rings. The van der Waals surface area contributed by atoms with E-state index in [9.17, 15) is 14.7 Å². The van der Waals surface area contributed by atoms with E-state index in [2.05, 4.69) is 0 Å². The number of carbonyl (C=O) groups is 2. The third-order valence-electron chi connectivity index (χ3n) is 3.50. The second-order valence-corrected chi connectivity index (χ2v) is 4.82. The number of carboxylic acid groups (broad SMARTS) is 1. The van der Waals surface area contributed by atoms with Crippen LogP contribution in [0.25, 0.3) is 0 Å². The highest BCUT2D eigenvalue weighted by Crippen LogP contribution is 2.24. The molecule has 2 amide bonds. The minimum atomic E-state index is -0.860. The van der Waals surface area contributed by atoms with Gasteiger partial charge in [-0.25, -0.2) is 4.79 Å². The molecule has 1 aromatic rings. The first-order valence-corrected chi connectivity index (χ1v) is 6.61. The molecule has 20 heavy (non-hydrogen) atoms. The summed E-state index contributed by atoms with van der Waals surface area (Å²) >= 11 is 0. The number of aromatic hydroxyl groups is 1. The lowest BCUT2D eigenvalue weighted by atomic mass is 10.1. The minimum Gasteiger partial charge on any atom is -0.508 e. The van der Waals surface area contributed by atoms with Gasteiger partial charge in [-0.15, -0.1) is 0 Å². The fourth-order valence-electron chi connectivity index (χ4n) is 2.40. The quantitative estimate of drug-likeness (QED) is 0.882. The first kappa shape index (κ1) is 14.2. The Bertz CT molecular complexity index is 518. The Morgan fingerprint density at radius 3 is 2.75 bits per heavy atom. The number of urea groups is 1. The fourth-order valence-corrected chi connectivity index (χ4v) is 2.40. The van der Waals surface area contributed by atoms with E-state index in [0.29, 0.717) is 25.2 Å². The minimum absolute atomic E-state index is 0.0959. The zero-order chi connectivity index (χ0) is 14.7. The Kier molecular flexibility index (Phi) is 4.12. The van der Waals surface area contributed by atoms with Crippen LogP contribution in [0, 0.1) is 5.92 Å². The average Bonchev–Trinajstić information content (AvgIpc) is 2.89. The van der Waals surface area contributed by atoms with Gasteiger partial charge >= 0.3 is 12.0 Å². The number of likely N-dealkylation sites (tertiary alicyclic amines) is 1. The summed E-state index contributed by atoms with van der Waals surface area (Å²) in [5.74, 6) is -1.25. The van der Waals surface area contributed by atoms with Crippen LogP contribution in [0.4, 0.5) is 10.5 Å². The predicted octanol–water partition coefficient (Wildman–Crippen LogP) is 1.75. The molecule has 1 aromatic carbocycles. The third kappa shape index (κ3) is 2.84. The highest BCUT2D eigenvalue weighted by molar-refractivity contribution is 5.92. The van der Waals surface area contributed by atoms with Crippen LogP contribution in [-0.2, 0) is 4.79 Å². The summed E-state index contributed by atoms with van der Waals surface area (Å²) in [6.45, 7) is 2.98. The topological polar surface area (TPSA) is 81.1 Å². The highest BCUT2D eigenvalue weighted by atomic mass is 16.4. The summed E-state index contributed by atoms with van der Waals surface area (Å²) in [5.41, 5.74) is 0.608. The van der Waals surface area contributed by atoms with Gasteiger partial charge in [-0.2, -0.15) is 0 Å². The van der Waals surface area contributed by atoms with Crippen molar-refractivity contribution in [2.45, 2.75) is 13.3 Å². The van der Waals surface area contributed by atoms with Crippen molar-refractivity contribution in [3.63, 3.8) is 0 Å². The van der Waals surface area contributed by atoms with Gasteiger partial charge in [-0.1, -0.05) is 6.07 Å². The molecule has 108 valence electrons. The maximum Gasteiger partial charge on any atom is 0.324 e. The van der Waals surface area contributed by atoms with Crippen molar-refractivity contribution >= 4 is 17.7 Å². The number of carbonyl (C=O) groups excluding carboxylic acids is 1. The Morgan fingerprint density at radius 2 is 2.20 bits per heavy atom. The molecule has 1 unspecified atom stereocenters. The van der Waals surface area contributed by atoms with Crippen molar-refractivity contribution in [3.05, 3.63) is 24.3 Å². The molecule has 0 saturated carbocycles. The van der Waals surface area contributed by atoms with E-state index >= 15 is 0 Å². The Labute approximate surface area is 117 Å². The molecular formula is C14H18N2O4. The van der Waals surface area contributed by atoms with E-state index < -0.39 is 11.9 Å². The molecular weight excluding hydrogens is 260 g/mol. The van der Waals surface area contributed by atoms with Crippen molar-refractivity contribution < 1.29 is 19.8 Å². The van der Waals surface area contributed by atoms with Crippen LogP contribution in [0.2, 0.25) is 0 Å². The van der Waals surface area contributed by atoms with Crippen molar-refractivity contribution in [1.82, 2.24) is 4.90 Å². The number of phenolic OH excluding ortho intramolecular Hbond substituents is 1. The molecule has 0 aliphatic carbocycles. The van der Waals surface area contributed by atoms with Gasteiger partial charge < -0.3 is 15.1 Å². The number of amides is 2. The van der Waals surface area contributed by atoms with Crippen molar-refractivity contribution in [1.29, 1.82) is 0 Å². The van der Waals surface area contributed by atoms with Gasteiger partial charge in [0, 0.05) is 31.4 Å². The zero-order valence-corrected chi connectivity index (χ0v) is 11.3. The molecule has 6 heteroatoms. The fraction of sp³-hybridized carbons (Fsp3) is 0.429. The molecule has 2 rings (SSSR count). The molecule has 0 radical (unpaired) electrons. The normalized spacial score (nSPS) is 18.1. The van der Waals surface area contributed by atoms with Crippen LogP contribution < -0.4 is 4.90 Å². The second-order valence-electron chi connectivity index (χ2n) is 4.82. The first-order valence-electron chi connectivity index (χ1n) is 6.61. The van der Waals surface area contributed by atoms with Gasteiger partial charge in [0.25, 0.3) is 0 Å². The maximum atomic E-state index is 12.4. The number of hydrogen-bond donors (Lipinski definition) is 2. The van der Waals surface area contributed by atoms with Crippen LogP contribution in [0.3, 0.4) is 0 Å². The standard InChI is InChI=1S/C14H18N2O4/c1-2-16(11-4-3-5-12(17)8-11)14(20)15-7-6-10(9-15)13(18)19/h3-5,8,10,17H,2,6-7,9H2,1H3,(H,18,19). The van der Waals surface area contributed by atoms with E-state index in [1.165, 1.54) is 17.0 Å². The van der Waals surface area contributed by atoms with Crippen molar-refractivity contribution in [3.8, 4) is 5.75 Å². The van der Waals surface area contributed by atoms with Crippen LogP contribution in [0.5, 0.6) is 5.75 Å². The summed E-state index contributed by atoms with van der Waals surface area (Å²) in [6.07, 6.45) is 0.485. The molecule has 0 spiro atoms. The van der Waals surface area contributed by atoms with Crippen LogP contribution >= 0.6 is 0 Å². The molecule has 1 aliphatic heterocycles. The zero-order valence-electron chi connectivity index (χ0n) is 11.3. The smallest absolute Gasteiger partial charge is 0.324 e. The lowest BCUT2D eigenvalue weighted by Crippen LogP contribution is -2.42. The molecule has 6 nitrogen and oxygen atoms in total. The van der Waals surface area contributed by atoms with Gasteiger partial charge in [0.05, 0.1) is 5.92 Å². The lowest BCUT2D eigenvalue weighted by Gasteiger charge is -2.27. The molecule has 0 aromatic heterocycles. The Hall–Kier alpha value is -2.24. The van der Waals surface area contributed by atoms with E-state index in [1.54, 1.807) is 17.0 Å². The van der Waals surface area contributed by atoms with E-state index in [4.69, 9.17) is 5.11 Å². The largest absolute Gasteiger partial charge is 0.508 e. The monoisotopic (exact) mass is 278 g/mol. The maximum absolute atomic E-state index is 12.4. The number of phenols is 1. The number of anilines is 1. The highest BCUT2D eigenvalue weighted by Gasteiger charge is 2.33. The number of aliphatic carboxylic acids is 1. The van der Waals surface area contributed by atoms with E-state index in [1.807, 2.05) is 6.92 Å². The van der Waals surface area contributed by atoms with Crippen molar-refractivity contribution in [2.75, 3.05) is 24.5 Å². The molecule has 1 heterocycles. The Balaban J connectivity index is 2.12. The summed E-state index contributed by atoms with van der Waals surface area (Å²) in [5, 5.41) is 18.5. The van der Waals surface area contributed by atoms with Crippen LogP contribution in [0.1, 0.15) is 13.3 Å². The predicted molar refractivity (Wildman–Crippen MR) is 73.8 cm³/mol. The third-order valence-corrected chi connectivity index (χ3v) is 3.50. The van der Waals surface area contributed by atoms with Crippen LogP contribution in [-0.4, -0.2) is 46.7 Å². The summed E-state index contributed by atoms with van der Waals surface area (Å²) in [7, 11) is 0. The number of nitrogens with zero attached hydrogens (tertiary/aromatic N) is 2. The van der Waals surface area contributed by atoms with Gasteiger partial charge in [-0.3, -0.25) is 9.69 Å². The average molecular weight is 278 g/mol.